The molecule has 174 valence electrons. The van der Waals surface area contributed by atoms with E-state index in [1.54, 1.807) is 14.2 Å². The van der Waals surface area contributed by atoms with Crippen LogP contribution in [0.1, 0.15) is 16.7 Å². The highest BCUT2D eigenvalue weighted by Crippen LogP contribution is 2.41. The van der Waals surface area contributed by atoms with Crippen LogP contribution in [0.25, 0.3) is 0 Å². The summed E-state index contributed by atoms with van der Waals surface area (Å²) >= 11 is 0. The molecule has 1 N–H and O–H groups in total. The van der Waals surface area contributed by atoms with Gasteiger partial charge in [0.2, 0.25) is 0 Å². The second kappa shape index (κ2) is 12.2. The Labute approximate surface area is 199 Å². The highest BCUT2D eigenvalue weighted by atomic mass is 16.5. The lowest BCUT2D eigenvalue weighted by Crippen LogP contribution is -2.38. The zero-order valence-corrected chi connectivity index (χ0v) is 19.1. The van der Waals surface area contributed by atoms with Gasteiger partial charge >= 0.3 is 0 Å². The number of carbonyl (C=O) groups is 1. The van der Waals surface area contributed by atoms with Gasteiger partial charge in [-0.25, -0.2) is 4.98 Å². The first-order valence-corrected chi connectivity index (χ1v) is 10.7. The lowest BCUT2D eigenvalue weighted by molar-refractivity contribution is -0.378. The summed E-state index contributed by atoms with van der Waals surface area (Å²) in [7, 11) is 3.19. The van der Waals surface area contributed by atoms with Gasteiger partial charge < -0.3 is 24.1 Å². The van der Waals surface area contributed by atoms with Crippen LogP contribution in [0.4, 0.5) is 0 Å². The number of carboxylic acid groups (broad SMARTS) is 1. The minimum absolute atomic E-state index is 0.563. The molecule has 0 bridgehead atoms. The van der Waals surface area contributed by atoms with Gasteiger partial charge in [-0.2, -0.15) is 0 Å². The number of hydrogen-bond donors (Lipinski definition) is 0. The molecule has 0 aliphatic rings. The molecule has 0 aliphatic carbocycles. The highest BCUT2D eigenvalue weighted by molar-refractivity contribution is 5.66. The quantitative estimate of drug-likeness (QED) is 0.380. The second-order valence-electron chi connectivity index (χ2n) is 7.24. The number of aromatic amines is 1. The third kappa shape index (κ3) is 5.99. The maximum atomic E-state index is 11.3. The number of aliphatic carboxylic acids is 1. The summed E-state index contributed by atoms with van der Waals surface area (Å²) in [4.78, 5) is 14.2. The van der Waals surface area contributed by atoms with Crippen LogP contribution in [0.3, 0.4) is 0 Å². The Hall–Kier alpha value is -4.16. The van der Waals surface area contributed by atoms with Gasteiger partial charge in [0.1, 0.15) is 17.1 Å². The summed E-state index contributed by atoms with van der Waals surface area (Å²) < 4.78 is 16.6. The predicted octanol–water partition coefficient (Wildman–Crippen LogP) is 3.26. The first kappa shape index (κ1) is 24.5. The number of nitrogens with one attached hydrogen (secondary N) is 1. The lowest BCUT2D eigenvalue weighted by Gasteiger charge is -2.36. The molecule has 3 aromatic carbocycles. The fraction of sp³-hybridized carbons (Fsp3) is 0.143. The average molecular weight is 458 g/mol. The summed E-state index contributed by atoms with van der Waals surface area (Å²) in [6, 6.07) is 30.1. The highest BCUT2D eigenvalue weighted by Gasteiger charge is 2.37. The number of H-pyrrole nitrogens is 1. The van der Waals surface area contributed by atoms with E-state index >= 15 is 0 Å². The van der Waals surface area contributed by atoms with Crippen molar-refractivity contribution in [1.82, 2.24) is 0 Å². The molecule has 0 fully saturated rings. The van der Waals surface area contributed by atoms with Crippen molar-refractivity contribution in [3.63, 3.8) is 0 Å². The number of rotatable bonds is 8. The number of carboxylic acids is 1. The molecule has 34 heavy (non-hydrogen) atoms. The van der Waals surface area contributed by atoms with Crippen molar-refractivity contribution >= 4 is 5.97 Å². The topological polar surface area (TPSA) is 82.0 Å². The van der Waals surface area contributed by atoms with Crippen molar-refractivity contribution in [2.24, 2.45) is 0 Å². The van der Waals surface area contributed by atoms with E-state index < -0.39 is 18.2 Å². The van der Waals surface area contributed by atoms with Crippen molar-refractivity contribution < 1.29 is 29.1 Å². The molecule has 4 aromatic rings. The van der Waals surface area contributed by atoms with Gasteiger partial charge in [-0.3, -0.25) is 0 Å². The molecule has 6 nitrogen and oxygen atoms in total. The maximum Gasteiger partial charge on any atom is 0.166 e. The van der Waals surface area contributed by atoms with E-state index in [2.05, 4.69) is 4.98 Å². The number of benzene rings is 3. The predicted molar refractivity (Wildman–Crippen MR) is 126 cm³/mol. The maximum absolute atomic E-state index is 11.3. The Bertz CT molecular complexity index is 1060. The third-order valence-corrected chi connectivity index (χ3v) is 5.19. The number of methoxy groups -OCH3 is 2. The molecule has 4 rings (SSSR count). The van der Waals surface area contributed by atoms with Crippen molar-refractivity contribution in [1.29, 1.82) is 0 Å². The Kier molecular flexibility index (Phi) is 8.77. The van der Waals surface area contributed by atoms with Crippen LogP contribution in [-0.4, -0.2) is 26.8 Å². The Morgan fingerprint density at radius 1 is 0.706 bits per heavy atom. The smallest absolute Gasteiger partial charge is 0.166 e. The van der Waals surface area contributed by atoms with E-state index in [1.165, 1.54) is 0 Å². The monoisotopic (exact) mass is 457 g/mol. The number of ether oxygens (including phenoxy) is 3. The van der Waals surface area contributed by atoms with Crippen LogP contribution >= 0.6 is 0 Å². The fourth-order valence-corrected chi connectivity index (χ4v) is 3.58. The normalized spacial score (nSPS) is 10.5. The Morgan fingerprint density at radius 3 is 1.50 bits per heavy atom. The molecule has 6 heteroatoms. The summed E-state index contributed by atoms with van der Waals surface area (Å²) in [5, 5.41) is 11.3. The Morgan fingerprint density at radius 2 is 1.15 bits per heavy atom. The molecule has 0 spiro atoms. The van der Waals surface area contributed by atoms with Gasteiger partial charge in [-0.1, -0.05) is 60.7 Å². The van der Waals surface area contributed by atoms with Gasteiger partial charge in [0.05, 0.1) is 26.8 Å². The van der Waals surface area contributed by atoms with Crippen LogP contribution in [-0.2, 0) is 15.1 Å². The summed E-state index contributed by atoms with van der Waals surface area (Å²) in [5.74, 6) is 0.100. The summed E-state index contributed by atoms with van der Waals surface area (Å²) in [6.07, 6.45) is 3.75. The van der Waals surface area contributed by atoms with E-state index in [4.69, 9.17) is 14.2 Å². The van der Waals surface area contributed by atoms with E-state index in [0.29, 0.717) is 11.5 Å². The van der Waals surface area contributed by atoms with Crippen molar-refractivity contribution in [3.8, 4) is 11.5 Å². The van der Waals surface area contributed by atoms with Gasteiger partial charge in [-0.05, 0) is 41.0 Å². The van der Waals surface area contributed by atoms with E-state index in [1.807, 2.05) is 109 Å². The molecule has 0 aliphatic heterocycles. The van der Waals surface area contributed by atoms with Gasteiger partial charge in [0, 0.05) is 12.1 Å². The molecular weight excluding hydrogens is 430 g/mol. The van der Waals surface area contributed by atoms with Gasteiger partial charge in [-0.15, -0.1) is 0 Å². The van der Waals surface area contributed by atoms with E-state index in [-0.39, 0.29) is 0 Å². The van der Waals surface area contributed by atoms with Crippen molar-refractivity contribution in [2.75, 3.05) is 20.8 Å². The number of aromatic nitrogens is 1. The molecule has 0 unspecified atom stereocenters. The molecule has 1 aromatic heterocycles. The molecule has 0 saturated heterocycles. The van der Waals surface area contributed by atoms with E-state index in [0.717, 1.165) is 16.7 Å². The van der Waals surface area contributed by atoms with Crippen molar-refractivity contribution in [3.05, 3.63) is 126 Å². The van der Waals surface area contributed by atoms with Crippen LogP contribution in [0.15, 0.2) is 109 Å². The number of pyridine rings is 1. The number of carbonyl (C=O) groups excluding carboxylic acids is 1. The summed E-state index contributed by atoms with van der Waals surface area (Å²) in [5.41, 5.74) is 1.20. The first-order valence-electron chi connectivity index (χ1n) is 10.7. The third-order valence-electron chi connectivity index (χ3n) is 5.19. The van der Waals surface area contributed by atoms with Gasteiger partial charge in [0.25, 0.3) is 0 Å². The van der Waals surface area contributed by atoms with Crippen LogP contribution < -0.4 is 19.6 Å². The lowest BCUT2D eigenvalue weighted by atomic mass is 9.80. The molecule has 1 heterocycles. The van der Waals surface area contributed by atoms with Crippen LogP contribution in [0, 0.1) is 0 Å². The first-order chi connectivity index (χ1) is 16.6. The fourth-order valence-electron chi connectivity index (χ4n) is 3.58. The molecular formula is C28H27NO5. The standard InChI is InChI=1S/C23H22O5.C5H5N/c1-26-20-12-8-18(9-13-20)23(28-16-22(24)25,17-6-4-3-5-7-17)19-10-14-21(27-2)15-11-19;1-2-4-6-5-3-1/h3-15H,16H2,1-2H3,(H,24,25);1-5H. The molecule has 0 radical (unpaired) electrons. The summed E-state index contributed by atoms with van der Waals surface area (Å²) in [6.45, 7) is -0.563. The molecule has 0 saturated carbocycles. The minimum Gasteiger partial charge on any atom is -0.548 e. The number of hydrogen-bond acceptors (Lipinski definition) is 5. The zero-order chi connectivity index (χ0) is 24.2. The second-order valence-corrected chi connectivity index (χ2v) is 7.24. The SMILES string of the molecule is COc1ccc(C(OCC(=O)[O-])(c2ccccc2)c2ccc(OC)cc2)cc1.c1cc[nH+]cc1. The average Bonchev–Trinajstić information content (AvgIpc) is 2.91. The largest absolute Gasteiger partial charge is 0.548 e. The van der Waals surface area contributed by atoms with Crippen LogP contribution in [0.2, 0.25) is 0 Å². The van der Waals surface area contributed by atoms with Crippen LogP contribution in [0.5, 0.6) is 11.5 Å². The van der Waals surface area contributed by atoms with Crippen molar-refractivity contribution in [2.45, 2.75) is 5.60 Å². The minimum atomic E-state index is -1.29. The zero-order valence-electron chi connectivity index (χ0n) is 19.1. The Balaban J connectivity index is 0.000000469. The van der Waals surface area contributed by atoms with Gasteiger partial charge in [0.15, 0.2) is 12.4 Å². The molecule has 0 atom stereocenters. The van der Waals surface area contributed by atoms with E-state index in [9.17, 15) is 9.90 Å². The molecule has 0 amide bonds.